The molecule has 0 saturated carbocycles. The van der Waals surface area contributed by atoms with Gasteiger partial charge in [0.25, 0.3) is 0 Å². The Labute approximate surface area is 135 Å². The lowest BCUT2D eigenvalue weighted by Crippen LogP contribution is -2.40. The van der Waals surface area contributed by atoms with Crippen LogP contribution in [0.5, 0.6) is 0 Å². The predicted molar refractivity (Wildman–Crippen MR) is 82.3 cm³/mol. The third-order valence-corrected chi connectivity index (χ3v) is 4.23. The second-order valence-corrected chi connectivity index (χ2v) is 5.89. The summed E-state index contributed by atoms with van der Waals surface area (Å²) in [7, 11) is 0. The second kappa shape index (κ2) is 6.95. The zero-order valence-electron chi connectivity index (χ0n) is 13.6. The first kappa shape index (κ1) is 15.7. The molecule has 3 heterocycles. The quantitative estimate of drug-likeness (QED) is 0.809. The molecule has 0 spiro atoms. The third kappa shape index (κ3) is 3.79. The topological polar surface area (TPSA) is 75.6 Å². The van der Waals surface area contributed by atoms with E-state index in [1.54, 1.807) is 19.4 Å². The highest BCUT2D eigenvalue weighted by Gasteiger charge is 2.30. The van der Waals surface area contributed by atoms with E-state index in [0.29, 0.717) is 12.4 Å². The number of amides is 1. The summed E-state index contributed by atoms with van der Waals surface area (Å²) in [6, 6.07) is 2.05. The lowest BCUT2D eigenvalue weighted by Gasteiger charge is -2.26. The van der Waals surface area contributed by atoms with Gasteiger partial charge in [0.05, 0.1) is 18.4 Å². The van der Waals surface area contributed by atoms with Gasteiger partial charge >= 0.3 is 0 Å². The number of nitrogens with zero attached hydrogens (tertiary/aromatic N) is 4. The number of likely N-dealkylation sites (tertiary alicyclic amines) is 1. The van der Waals surface area contributed by atoms with Crippen molar-refractivity contribution in [1.82, 2.24) is 19.9 Å². The van der Waals surface area contributed by atoms with Gasteiger partial charge in [-0.2, -0.15) is 0 Å². The number of hydrogen-bond acceptors (Lipinski definition) is 6. The molecule has 1 fully saturated rings. The van der Waals surface area contributed by atoms with Gasteiger partial charge < -0.3 is 13.8 Å². The summed E-state index contributed by atoms with van der Waals surface area (Å²) in [6.45, 7) is 6.56. The number of aryl methyl sites for hydroxylation is 1. The number of hydrogen-bond donors (Lipinski definition) is 0. The van der Waals surface area contributed by atoms with Crippen molar-refractivity contribution in [3.05, 3.63) is 35.9 Å². The minimum Gasteiger partial charge on any atom is -0.444 e. The number of carbonyl (C=O) groups excluding carboxylic acids is 1. The van der Waals surface area contributed by atoms with Gasteiger partial charge in [0.2, 0.25) is 11.8 Å². The van der Waals surface area contributed by atoms with Crippen LogP contribution in [-0.4, -0.2) is 45.0 Å². The van der Waals surface area contributed by atoms with E-state index in [1.807, 2.05) is 17.9 Å². The molecule has 3 rings (SSSR count). The van der Waals surface area contributed by atoms with Gasteiger partial charge in [-0.15, -0.1) is 0 Å². The van der Waals surface area contributed by atoms with Crippen LogP contribution in [0.1, 0.15) is 37.6 Å². The minimum atomic E-state index is 0.0505. The molecule has 0 radical (unpaired) electrons. The maximum atomic E-state index is 12.0. The van der Waals surface area contributed by atoms with E-state index in [1.165, 1.54) is 0 Å². The lowest BCUT2D eigenvalue weighted by atomic mass is 10.2. The number of carbonyl (C=O) groups is 1. The fraction of sp³-hybridized carbons (Fsp3) is 0.562. The Morgan fingerprint density at radius 3 is 3.04 bits per heavy atom. The van der Waals surface area contributed by atoms with Gasteiger partial charge in [0.15, 0.2) is 0 Å². The van der Waals surface area contributed by atoms with Crippen molar-refractivity contribution >= 4 is 5.91 Å². The molecule has 2 aromatic rings. The highest BCUT2D eigenvalue weighted by molar-refractivity contribution is 5.73. The van der Waals surface area contributed by atoms with Crippen LogP contribution >= 0.6 is 0 Å². The van der Waals surface area contributed by atoms with Crippen molar-refractivity contribution in [2.45, 2.75) is 45.8 Å². The summed E-state index contributed by atoms with van der Waals surface area (Å²) in [5, 5.41) is 3.94. The van der Waals surface area contributed by atoms with Crippen molar-refractivity contribution < 1.29 is 13.7 Å². The van der Waals surface area contributed by atoms with E-state index in [9.17, 15) is 4.79 Å². The van der Waals surface area contributed by atoms with E-state index in [2.05, 4.69) is 15.0 Å². The summed E-state index contributed by atoms with van der Waals surface area (Å²) >= 11 is 0. The Morgan fingerprint density at radius 1 is 1.52 bits per heavy atom. The average molecular weight is 318 g/mol. The molecular weight excluding hydrogens is 296 g/mol. The summed E-state index contributed by atoms with van der Waals surface area (Å²) in [6.07, 6.45) is 5.07. The Morgan fingerprint density at radius 2 is 2.39 bits per heavy atom. The molecule has 2 aromatic heterocycles. The van der Waals surface area contributed by atoms with E-state index in [0.717, 1.165) is 43.9 Å². The molecule has 7 heteroatoms. The van der Waals surface area contributed by atoms with Crippen LogP contribution in [0.15, 0.2) is 27.5 Å². The van der Waals surface area contributed by atoms with Gasteiger partial charge in [-0.1, -0.05) is 12.1 Å². The molecule has 1 atom stereocenters. The Bertz CT molecular complexity index is 638. The van der Waals surface area contributed by atoms with Crippen molar-refractivity contribution in [2.24, 2.45) is 0 Å². The van der Waals surface area contributed by atoms with E-state index in [4.69, 9.17) is 8.94 Å². The molecule has 0 aliphatic carbocycles. The van der Waals surface area contributed by atoms with E-state index in [-0.39, 0.29) is 11.9 Å². The van der Waals surface area contributed by atoms with Crippen LogP contribution in [0.25, 0.3) is 0 Å². The summed E-state index contributed by atoms with van der Waals surface area (Å²) in [4.78, 5) is 20.4. The largest absolute Gasteiger partial charge is 0.444 e. The normalized spacial score (nSPS) is 18.4. The van der Waals surface area contributed by atoms with Crippen LogP contribution < -0.4 is 0 Å². The molecule has 0 N–H and O–H groups in total. The molecule has 124 valence electrons. The number of oxazole rings is 1. The highest BCUT2D eigenvalue weighted by atomic mass is 16.5. The van der Waals surface area contributed by atoms with Crippen molar-refractivity contribution in [1.29, 1.82) is 0 Å². The summed E-state index contributed by atoms with van der Waals surface area (Å²) in [5.41, 5.74) is 0.917. The van der Waals surface area contributed by atoms with Gasteiger partial charge in [0, 0.05) is 45.1 Å². The molecule has 0 bridgehead atoms. The average Bonchev–Trinajstić information content (AvgIpc) is 3.26. The highest BCUT2D eigenvalue weighted by Crippen LogP contribution is 2.20. The Balaban J connectivity index is 1.61. The molecule has 1 amide bonds. The fourth-order valence-electron chi connectivity index (χ4n) is 2.99. The molecule has 0 aromatic carbocycles. The molecule has 1 saturated heterocycles. The molecule has 1 aliphatic heterocycles. The van der Waals surface area contributed by atoms with Crippen molar-refractivity contribution in [3.8, 4) is 0 Å². The van der Waals surface area contributed by atoms with Crippen LogP contribution in [0.3, 0.4) is 0 Å². The van der Waals surface area contributed by atoms with Gasteiger partial charge in [-0.3, -0.25) is 9.69 Å². The molecule has 23 heavy (non-hydrogen) atoms. The molecule has 1 aliphatic rings. The SMILES string of the molecule is CCc1cnc(CN(C(C)=O)[C@H]2CCN(Cc3ccon3)C2)o1. The Kier molecular flexibility index (Phi) is 4.76. The molecule has 0 unspecified atom stereocenters. The zero-order chi connectivity index (χ0) is 16.2. The zero-order valence-corrected chi connectivity index (χ0v) is 13.6. The first-order valence-electron chi connectivity index (χ1n) is 7.98. The van der Waals surface area contributed by atoms with Crippen molar-refractivity contribution in [2.75, 3.05) is 13.1 Å². The monoisotopic (exact) mass is 318 g/mol. The van der Waals surface area contributed by atoms with Crippen LogP contribution in [-0.2, 0) is 24.3 Å². The predicted octanol–water partition coefficient (Wildman–Crippen LogP) is 1.85. The van der Waals surface area contributed by atoms with Gasteiger partial charge in [0.1, 0.15) is 12.0 Å². The number of rotatable bonds is 6. The maximum absolute atomic E-state index is 12.0. The second-order valence-electron chi connectivity index (χ2n) is 5.89. The van der Waals surface area contributed by atoms with Gasteiger partial charge in [-0.05, 0) is 6.42 Å². The minimum absolute atomic E-state index is 0.0505. The summed E-state index contributed by atoms with van der Waals surface area (Å²) < 4.78 is 10.5. The summed E-state index contributed by atoms with van der Waals surface area (Å²) in [5.74, 6) is 1.50. The third-order valence-electron chi connectivity index (χ3n) is 4.23. The van der Waals surface area contributed by atoms with Gasteiger partial charge in [-0.25, -0.2) is 4.98 Å². The van der Waals surface area contributed by atoms with E-state index >= 15 is 0 Å². The Hall–Kier alpha value is -2.15. The van der Waals surface area contributed by atoms with Crippen LogP contribution in [0.4, 0.5) is 0 Å². The van der Waals surface area contributed by atoms with E-state index < -0.39 is 0 Å². The number of aromatic nitrogens is 2. The first-order valence-corrected chi connectivity index (χ1v) is 7.98. The van der Waals surface area contributed by atoms with Crippen LogP contribution in [0.2, 0.25) is 0 Å². The smallest absolute Gasteiger partial charge is 0.220 e. The first-order chi connectivity index (χ1) is 11.2. The van der Waals surface area contributed by atoms with Crippen LogP contribution in [0, 0.1) is 0 Å². The molecule has 7 nitrogen and oxygen atoms in total. The molecular formula is C16H22N4O3. The maximum Gasteiger partial charge on any atom is 0.220 e. The standard InChI is InChI=1S/C16H22N4O3/c1-3-15-8-17-16(23-15)11-20(12(2)21)14-4-6-19(10-14)9-13-5-7-22-18-13/h5,7-8,14H,3-4,6,9-11H2,1-2H3/t14-/m0/s1. The fourth-order valence-corrected chi connectivity index (χ4v) is 2.99. The lowest BCUT2D eigenvalue weighted by molar-refractivity contribution is -0.132. The van der Waals surface area contributed by atoms with Crippen molar-refractivity contribution in [3.63, 3.8) is 0 Å².